The molecular formula is C27H35N3O6S. The van der Waals surface area contributed by atoms with E-state index in [-0.39, 0.29) is 34.1 Å². The van der Waals surface area contributed by atoms with Crippen molar-refractivity contribution in [2.75, 3.05) is 6.54 Å². The molecule has 1 fully saturated rings. The van der Waals surface area contributed by atoms with Gasteiger partial charge in [0, 0.05) is 18.7 Å². The van der Waals surface area contributed by atoms with Crippen LogP contribution in [0.5, 0.6) is 0 Å². The summed E-state index contributed by atoms with van der Waals surface area (Å²) in [5, 5.41) is 2.97. The lowest BCUT2D eigenvalue weighted by Crippen LogP contribution is -2.33. The molecule has 0 aliphatic heterocycles. The summed E-state index contributed by atoms with van der Waals surface area (Å²) in [5.74, 6) is -1.27. The zero-order chi connectivity index (χ0) is 26.8. The molecule has 2 aromatic rings. The lowest BCUT2D eigenvalue weighted by Gasteiger charge is -2.20. The van der Waals surface area contributed by atoms with Crippen molar-refractivity contribution in [1.82, 2.24) is 15.0 Å². The molecule has 0 radical (unpaired) electrons. The third kappa shape index (κ3) is 8.11. The highest BCUT2D eigenvalue weighted by molar-refractivity contribution is 7.90. The first-order valence-corrected chi connectivity index (χ1v) is 14.3. The van der Waals surface area contributed by atoms with E-state index >= 15 is 0 Å². The van der Waals surface area contributed by atoms with E-state index in [0.717, 1.165) is 37.4 Å². The summed E-state index contributed by atoms with van der Waals surface area (Å²) in [6.07, 6.45) is 8.12. The fourth-order valence-electron chi connectivity index (χ4n) is 4.23. The van der Waals surface area contributed by atoms with Crippen molar-refractivity contribution in [3.63, 3.8) is 0 Å². The molecule has 0 bridgehead atoms. The number of esters is 1. The van der Waals surface area contributed by atoms with Gasteiger partial charge in [-0.05, 0) is 61.9 Å². The Labute approximate surface area is 218 Å². The summed E-state index contributed by atoms with van der Waals surface area (Å²) in [5.41, 5.74) is 0.902. The van der Waals surface area contributed by atoms with Gasteiger partial charge in [-0.25, -0.2) is 22.9 Å². The Balaban J connectivity index is 1.52. The molecule has 1 aromatic heterocycles. The first kappa shape index (κ1) is 28.3. The fourth-order valence-corrected chi connectivity index (χ4v) is 5.20. The van der Waals surface area contributed by atoms with Crippen molar-refractivity contribution in [2.24, 2.45) is 5.92 Å². The van der Waals surface area contributed by atoms with Crippen LogP contribution in [0.15, 0.2) is 47.5 Å². The maximum atomic E-state index is 12.7. The number of ether oxygens (including phenoxy) is 1. The second-order valence-electron chi connectivity index (χ2n) is 9.23. The largest absolute Gasteiger partial charge is 0.458 e. The average Bonchev–Trinajstić information content (AvgIpc) is 2.92. The summed E-state index contributed by atoms with van der Waals surface area (Å²) in [7, 11) is -4.11. The van der Waals surface area contributed by atoms with E-state index in [2.05, 4.69) is 10.3 Å². The normalized spacial score (nSPS) is 14.2. The average molecular weight is 530 g/mol. The molecule has 37 heavy (non-hydrogen) atoms. The molecule has 0 spiro atoms. The summed E-state index contributed by atoms with van der Waals surface area (Å²) < 4.78 is 32.7. The maximum absolute atomic E-state index is 12.7. The fraction of sp³-hybridized carbons (Fsp3) is 0.481. The number of carbonyl (C=O) groups excluding carboxylic acids is 3. The number of pyridine rings is 1. The van der Waals surface area contributed by atoms with Gasteiger partial charge in [0.1, 0.15) is 11.8 Å². The number of nitrogens with zero attached hydrogens (tertiary/aromatic N) is 1. The van der Waals surface area contributed by atoms with Crippen molar-refractivity contribution in [3.05, 3.63) is 59.4 Å². The number of sulfonamides is 1. The molecule has 2 amide bonds. The summed E-state index contributed by atoms with van der Waals surface area (Å²) in [4.78, 5) is 40.8. The molecule has 1 saturated carbocycles. The molecule has 0 atom stereocenters. The monoisotopic (exact) mass is 529 g/mol. The zero-order valence-corrected chi connectivity index (χ0v) is 22.2. The highest BCUT2D eigenvalue weighted by Crippen LogP contribution is 2.23. The van der Waals surface area contributed by atoms with E-state index in [4.69, 9.17) is 4.74 Å². The number of aromatic nitrogens is 1. The Hall–Kier alpha value is -3.27. The quantitative estimate of drug-likeness (QED) is 0.423. The first-order chi connectivity index (χ1) is 17.7. The second-order valence-corrected chi connectivity index (χ2v) is 10.9. The van der Waals surface area contributed by atoms with Gasteiger partial charge in [-0.3, -0.25) is 9.59 Å². The SMILES string of the molecule is CCC(CC)OC(=O)c1ccc(C(=O)NS(=O)(=O)c2ccc(CCNC(=O)C3CCCCC3)cc2)cn1. The van der Waals surface area contributed by atoms with Gasteiger partial charge in [0.15, 0.2) is 0 Å². The number of hydrogen-bond donors (Lipinski definition) is 2. The smallest absolute Gasteiger partial charge is 0.357 e. The lowest BCUT2D eigenvalue weighted by molar-refractivity contribution is -0.125. The minimum Gasteiger partial charge on any atom is -0.458 e. The van der Waals surface area contributed by atoms with Gasteiger partial charge < -0.3 is 10.1 Å². The van der Waals surface area contributed by atoms with Crippen LogP contribution in [0.25, 0.3) is 0 Å². The van der Waals surface area contributed by atoms with Gasteiger partial charge in [-0.1, -0.05) is 45.2 Å². The maximum Gasteiger partial charge on any atom is 0.357 e. The molecule has 1 aliphatic carbocycles. The molecule has 0 unspecified atom stereocenters. The molecule has 3 rings (SSSR count). The molecule has 1 heterocycles. The van der Waals surface area contributed by atoms with Crippen molar-refractivity contribution in [3.8, 4) is 0 Å². The molecular weight excluding hydrogens is 494 g/mol. The van der Waals surface area contributed by atoms with Crippen molar-refractivity contribution in [2.45, 2.75) is 76.2 Å². The van der Waals surface area contributed by atoms with E-state index in [1.165, 1.54) is 30.7 Å². The number of amides is 2. The van der Waals surface area contributed by atoms with Crippen LogP contribution in [0.1, 0.15) is 85.2 Å². The van der Waals surface area contributed by atoms with Crippen LogP contribution in [-0.2, 0) is 26.0 Å². The highest BCUT2D eigenvalue weighted by Gasteiger charge is 2.22. The van der Waals surface area contributed by atoms with Crippen LogP contribution < -0.4 is 10.0 Å². The summed E-state index contributed by atoms with van der Waals surface area (Å²) >= 11 is 0. The molecule has 2 N–H and O–H groups in total. The van der Waals surface area contributed by atoms with Gasteiger partial charge in [0.05, 0.1) is 10.5 Å². The number of hydrogen-bond acceptors (Lipinski definition) is 7. The van der Waals surface area contributed by atoms with Crippen molar-refractivity contribution in [1.29, 1.82) is 0 Å². The number of rotatable bonds is 11. The Morgan fingerprint density at radius 2 is 1.68 bits per heavy atom. The third-order valence-corrected chi connectivity index (χ3v) is 7.92. The number of benzene rings is 1. The van der Waals surface area contributed by atoms with Gasteiger partial charge in [-0.2, -0.15) is 0 Å². The van der Waals surface area contributed by atoms with Crippen LogP contribution >= 0.6 is 0 Å². The van der Waals surface area contributed by atoms with Crippen molar-refractivity contribution < 1.29 is 27.5 Å². The number of nitrogens with one attached hydrogen (secondary N) is 2. The summed E-state index contributed by atoms with van der Waals surface area (Å²) in [6, 6.07) is 8.81. The molecule has 200 valence electrons. The van der Waals surface area contributed by atoms with Gasteiger partial charge in [0.2, 0.25) is 5.91 Å². The molecule has 1 aliphatic rings. The van der Waals surface area contributed by atoms with Crippen molar-refractivity contribution >= 4 is 27.8 Å². The minimum absolute atomic E-state index is 0.00649. The first-order valence-electron chi connectivity index (χ1n) is 12.8. The topological polar surface area (TPSA) is 132 Å². The Kier molecular flexibility index (Phi) is 10.2. The standard InChI is InChI=1S/C27H35N3O6S/c1-3-22(4-2)36-27(33)24-15-12-21(18-29-24)26(32)30-37(34,35)23-13-10-19(11-14-23)16-17-28-25(31)20-8-6-5-7-9-20/h10-15,18,20,22H,3-9,16-17H2,1-2H3,(H,28,31)(H,30,32). The van der Waals surface area contributed by atoms with Crippen LogP contribution in [0.2, 0.25) is 0 Å². The van der Waals surface area contributed by atoms with Crippen LogP contribution in [0.3, 0.4) is 0 Å². The lowest BCUT2D eigenvalue weighted by atomic mass is 9.88. The Bertz CT molecular complexity index is 1170. The summed E-state index contributed by atoms with van der Waals surface area (Å²) in [6.45, 7) is 4.30. The molecule has 9 nitrogen and oxygen atoms in total. The Morgan fingerprint density at radius 1 is 1.00 bits per heavy atom. The third-order valence-electron chi connectivity index (χ3n) is 6.57. The minimum atomic E-state index is -4.11. The van der Waals surface area contributed by atoms with Gasteiger partial charge >= 0.3 is 5.97 Å². The van der Waals surface area contributed by atoms with E-state index in [1.54, 1.807) is 12.1 Å². The van der Waals surface area contributed by atoms with Gasteiger partial charge in [0.25, 0.3) is 15.9 Å². The zero-order valence-electron chi connectivity index (χ0n) is 21.4. The predicted molar refractivity (Wildman–Crippen MR) is 138 cm³/mol. The molecule has 1 aromatic carbocycles. The van der Waals surface area contributed by atoms with Crippen LogP contribution in [0.4, 0.5) is 0 Å². The van der Waals surface area contributed by atoms with E-state index in [0.29, 0.717) is 25.8 Å². The highest BCUT2D eigenvalue weighted by atomic mass is 32.2. The van der Waals surface area contributed by atoms with Gasteiger partial charge in [-0.15, -0.1) is 0 Å². The Morgan fingerprint density at radius 3 is 2.27 bits per heavy atom. The van der Waals surface area contributed by atoms with E-state index in [9.17, 15) is 22.8 Å². The van der Waals surface area contributed by atoms with Crippen LogP contribution in [0, 0.1) is 5.92 Å². The number of carbonyl (C=O) groups is 3. The van der Waals surface area contributed by atoms with E-state index in [1.807, 2.05) is 18.6 Å². The molecule has 10 heteroatoms. The van der Waals surface area contributed by atoms with Crippen LogP contribution in [-0.4, -0.2) is 43.8 Å². The second kappa shape index (κ2) is 13.3. The van der Waals surface area contributed by atoms with E-state index < -0.39 is 21.9 Å². The molecule has 0 saturated heterocycles. The predicted octanol–water partition coefficient (Wildman–Crippen LogP) is 3.78.